The molecule has 0 spiro atoms. The number of nitrogens with one attached hydrogen (secondary N) is 1. The zero-order chi connectivity index (χ0) is 13.9. The minimum Gasteiger partial charge on any atom is -0.382 e. The minimum atomic E-state index is 0.336. The van der Waals surface area contributed by atoms with E-state index in [0.717, 1.165) is 36.4 Å². The van der Waals surface area contributed by atoms with E-state index in [1.54, 1.807) is 11.0 Å². The Morgan fingerprint density at radius 3 is 3.00 bits per heavy atom. The fourth-order valence-electron chi connectivity index (χ4n) is 2.64. The van der Waals surface area contributed by atoms with Crippen LogP contribution in [0.3, 0.4) is 0 Å². The van der Waals surface area contributed by atoms with Gasteiger partial charge < -0.3 is 10.1 Å². The molecule has 2 heterocycles. The van der Waals surface area contributed by atoms with Crippen LogP contribution in [0, 0.1) is 6.92 Å². The van der Waals surface area contributed by atoms with Crippen LogP contribution in [0.1, 0.15) is 25.3 Å². The van der Waals surface area contributed by atoms with Crippen LogP contribution >= 0.6 is 0 Å². The van der Waals surface area contributed by atoms with Gasteiger partial charge in [-0.1, -0.05) is 0 Å². The highest BCUT2D eigenvalue weighted by Gasteiger charge is 2.19. The van der Waals surface area contributed by atoms with Gasteiger partial charge in [-0.2, -0.15) is 0 Å². The Labute approximate surface area is 118 Å². The molecule has 3 rings (SSSR count). The third kappa shape index (κ3) is 2.80. The highest BCUT2D eigenvalue weighted by Crippen LogP contribution is 2.22. The van der Waals surface area contributed by atoms with E-state index in [4.69, 9.17) is 4.74 Å². The van der Waals surface area contributed by atoms with Crippen LogP contribution in [0.5, 0.6) is 0 Å². The van der Waals surface area contributed by atoms with E-state index < -0.39 is 0 Å². The van der Waals surface area contributed by atoms with Crippen LogP contribution in [0.4, 0.5) is 5.69 Å². The van der Waals surface area contributed by atoms with Gasteiger partial charge in [-0.3, -0.25) is 0 Å². The summed E-state index contributed by atoms with van der Waals surface area (Å²) >= 11 is 0. The lowest BCUT2D eigenvalue weighted by Crippen LogP contribution is -2.32. The molecule has 6 nitrogen and oxygen atoms in total. The molecule has 1 N–H and O–H groups in total. The van der Waals surface area contributed by atoms with Crippen molar-refractivity contribution in [2.75, 3.05) is 11.9 Å². The van der Waals surface area contributed by atoms with Crippen molar-refractivity contribution in [1.82, 2.24) is 20.2 Å². The van der Waals surface area contributed by atoms with E-state index in [0.29, 0.717) is 12.1 Å². The predicted octanol–water partition coefficient (Wildman–Crippen LogP) is 1.95. The molecule has 0 bridgehead atoms. The topological polar surface area (TPSA) is 64.9 Å². The second-order valence-corrected chi connectivity index (χ2v) is 5.30. The summed E-state index contributed by atoms with van der Waals surface area (Å²) in [5, 5.41) is 14.8. The van der Waals surface area contributed by atoms with Crippen LogP contribution in [0.25, 0.3) is 5.69 Å². The summed E-state index contributed by atoms with van der Waals surface area (Å²) in [6.45, 7) is 5.02. The lowest BCUT2D eigenvalue weighted by Gasteiger charge is -2.28. The molecule has 1 aromatic carbocycles. The SMILES string of the molecule is Cc1cc(NC2CCOC(C)C2)ccc1-n1cnnn1. The zero-order valence-corrected chi connectivity index (χ0v) is 11.8. The number of nitrogens with zero attached hydrogens (tertiary/aromatic N) is 4. The maximum atomic E-state index is 5.57. The summed E-state index contributed by atoms with van der Waals surface area (Å²) in [4.78, 5) is 0. The van der Waals surface area contributed by atoms with E-state index >= 15 is 0 Å². The molecule has 0 amide bonds. The molecule has 2 unspecified atom stereocenters. The van der Waals surface area contributed by atoms with Crippen molar-refractivity contribution >= 4 is 5.69 Å². The molecule has 1 saturated heterocycles. The number of ether oxygens (including phenoxy) is 1. The van der Waals surface area contributed by atoms with Gasteiger partial charge in [0.1, 0.15) is 6.33 Å². The van der Waals surface area contributed by atoms with Gasteiger partial charge in [0.2, 0.25) is 0 Å². The lowest BCUT2D eigenvalue weighted by atomic mass is 10.0. The summed E-state index contributed by atoms with van der Waals surface area (Å²) in [6, 6.07) is 6.73. The first-order valence-corrected chi connectivity index (χ1v) is 6.94. The molecule has 106 valence electrons. The molecule has 6 heteroatoms. The second kappa shape index (κ2) is 5.58. The van der Waals surface area contributed by atoms with Gasteiger partial charge in [0.15, 0.2) is 0 Å². The maximum Gasteiger partial charge on any atom is 0.143 e. The van der Waals surface area contributed by atoms with Crippen molar-refractivity contribution in [1.29, 1.82) is 0 Å². The second-order valence-electron chi connectivity index (χ2n) is 5.30. The van der Waals surface area contributed by atoms with E-state index in [1.165, 1.54) is 0 Å². The normalized spacial score (nSPS) is 22.7. The summed E-state index contributed by atoms with van der Waals surface area (Å²) in [5.74, 6) is 0. The molecule has 0 saturated carbocycles. The minimum absolute atomic E-state index is 0.336. The number of benzene rings is 1. The van der Waals surface area contributed by atoms with Gasteiger partial charge in [0.25, 0.3) is 0 Å². The maximum absolute atomic E-state index is 5.57. The number of hydrogen-bond donors (Lipinski definition) is 1. The summed E-state index contributed by atoms with van der Waals surface area (Å²) in [6.07, 6.45) is 4.05. The smallest absolute Gasteiger partial charge is 0.143 e. The van der Waals surface area contributed by atoms with E-state index in [9.17, 15) is 0 Å². The van der Waals surface area contributed by atoms with Gasteiger partial charge in [0.05, 0.1) is 11.8 Å². The first kappa shape index (κ1) is 13.1. The first-order chi connectivity index (χ1) is 9.72. The molecule has 1 fully saturated rings. The molecule has 2 aromatic rings. The van der Waals surface area contributed by atoms with Crippen molar-refractivity contribution in [3.8, 4) is 5.69 Å². The predicted molar refractivity (Wildman–Crippen MR) is 75.9 cm³/mol. The van der Waals surface area contributed by atoms with Crippen molar-refractivity contribution in [2.24, 2.45) is 0 Å². The Bertz CT molecular complexity index is 569. The Morgan fingerprint density at radius 2 is 2.30 bits per heavy atom. The molecular formula is C14H19N5O. The fourth-order valence-corrected chi connectivity index (χ4v) is 2.64. The summed E-state index contributed by atoms with van der Waals surface area (Å²) < 4.78 is 7.25. The van der Waals surface area contributed by atoms with Crippen molar-refractivity contribution < 1.29 is 4.74 Å². The van der Waals surface area contributed by atoms with Gasteiger partial charge >= 0.3 is 0 Å². The van der Waals surface area contributed by atoms with E-state index in [2.05, 4.69) is 46.8 Å². The number of aryl methyl sites for hydroxylation is 1. The Hall–Kier alpha value is -1.95. The highest BCUT2D eigenvalue weighted by molar-refractivity contribution is 5.53. The summed E-state index contributed by atoms with van der Waals surface area (Å²) in [7, 11) is 0. The average molecular weight is 273 g/mol. The summed E-state index contributed by atoms with van der Waals surface area (Å²) in [5.41, 5.74) is 3.28. The van der Waals surface area contributed by atoms with Gasteiger partial charge in [0, 0.05) is 18.3 Å². The zero-order valence-electron chi connectivity index (χ0n) is 11.8. The number of hydrogen-bond acceptors (Lipinski definition) is 5. The molecule has 1 aromatic heterocycles. The van der Waals surface area contributed by atoms with Crippen LogP contribution in [-0.4, -0.2) is 39.0 Å². The van der Waals surface area contributed by atoms with E-state index in [1.807, 2.05) is 6.07 Å². The monoisotopic (exact) mass is 273 g/mol. The number of tetrazole rings is 1. The molecule has 1 aliphatic rings. The quantitative estimate of drug-likeness (QED) is 0.926. The van der Waals surface area contributed by atoms with Crippen molar-refractivity contribution in [3.63, 3.8) is 0 Å². The fraction of sp³-hybridized carbons (Fsp3) is 0.500. The van der Waals surface area contributed by atoms with E-state index in [-0.39, 0.29) is 0 Å². The first-order valence-electron chi connectivity index (χ1n) is 6.94. The van der Waals surface area contributed by atoms with Crippen molar-refractivity contribution in [2.45, 2.75) is 38.8 Å². The molecule has 20 heavy (non-hydrogen) atoms. The molecular weight excluding hydrogens is 254 g/mol. The number of anilines is 1. The van der Waals surface area contributed by atoms with Gasteiger partial charge in [-0.15, -0.1) is 5.10 Å². The van der Waals surface area contributed by atoms with Gasteiger partial charge in [-0.25, -0.2) is 4.68 Å². The van der Waals surface area contributed by atoms with Crippen LogP contribution in [-0.2, 0) is 4.74 Å². The van der Waals surface area contributed by atoms with Crippen LogP contribution < -0.4 is 5.32 Å². The molecule has 1 aliphatic heterocycles. The number of rotatable bonds is 3. The molecule has 0 aliphatic carbocycles. The average Bonchev–Trinajstić information content (AvgIpc) is 2.92. The molecule has 0 radical (unpaired) electrons. The van der Waals surface area contributed by atoms with Crippen molar-refractivity contribution in [3.05, 3.63) is 30.1 Å². The largest absolute Gasteiger partial charge is 0.382 e. The highest BCUT2D eigenvalue weighted by atomic mass is 16.5. The Morgan fingerprint density at radius 1 is 1.40 bits per heavy atom. The Balaban J connectivity index is 1.74. The molecule has 2 atom stereocenters. The third-order valence-electron chi connectivity index (χ3n) is 3.65. The Kier molecular flexibility index (Phi) is 3.64. The number of aromatic nitrogens is 4. The van der Waals surface area contributed by atoms with Gasteiger partial charge in [-0.05, 0) is 60.9 Å². The standard InChI is InChI=1S/C14H19N5O/c1-10-7-12(16-13-5-6-20-11(2)8-13)3-4-14(10)19-9-15-17-18-19/h3-4,7,9,11,13,16H,5-6,8H2,1-2H3. The van der Waals surface area contributed by atoms with Crippen LogP contribution in [0.15, 0.2) is 24.5 Å². The van der Waals surface area contributed by atoms with Crippen LogP contribution in [0.2, 0.25) is 0 Å². The third-order valence-corrected chi connectivity index (χ3v) is 3.65. The lowest BCUT2D eigenvalue weighted by molar-refractivity contribution is 0.0232.